The van der Waals surface area contributed by atoms with Crippen LogP contribution in [0.5, 0.6) is 5.75 Å². The van der Waals surface area contributed by atoms with Crippen LogP contribution < -0.4 is 4.74 Å². The molecule has 0 bridgehead atoms. The van der Waals surface area contributed by atoms with Gasteiger partial charge in [-0.3, -0.25) is 9.48 Å². The lowest BCUT2D eigenvalue weighted by Gasteiger charge is -2.24. The molecule has 1 aliphatic heterocycles. The van der Waals surface area contributed by atoms with Crippen molar-refractivity contribution in [1.82, 2.24) is 14.7 Å². The Morgan fingerprint density at radius 2 is 2.13 bits per heavy atom. The Bertz CT molecular complexity index is 663. The van der Waals surface area contributed by atoms with Crippen molar-refractivity contribution in [3.8, 4) is 5.75 Å². The predicted octanol–water partition coefficient (Wildman–Crippen LogP) is 2.73. The number of nitrogens with zero attached hydrogens (tertiary/aromatic N) is 3. The van der Waals surface area contributed by atoms with Crippen LogP contribution in [0.2, 0.25) is 0 Å². The van der Waals surface area contributed by atoms with Gasteiger partial charge in [0.1, 0.15) is 5.75 Å². The van der Waals surface area contributed by atoms with Crippen molar-refractivity contribution in [3.05, 3.63) is 47.8 Å². The maximum absolute atomic E-state index is 12.7. The average molecular weight is 313 g/mol. The molecule has 1 saturated heterocycles. The number of hydrogen-bond donors (Lipinski definition) is 0. The fourth-order valence-corrected chi connectivity index (χ4v) is 3.17. The monoisotopic (exact) mass is 313 g/mol. The highest BCUT2D eigenvalue weighted by Crippen LogP contribution is 2.32. The number of carbonyl (C=O) groups excluding carboxylic acids is 1. The van der Waals surface area contributed by atoms with Crippen molar-refractivity contribution in [2.24, 2.45) is 7.05 Å². The van der Waals surface area contributed by atoms with Gasteiger partial charge in [-0.15, -0.1) is 0 Å². The van der Waals surface area contributed by atoms with Gasteiger partial charge in [0.15, 0.2) is 0 Å². The van der Waals surface area contributed by atoms with Crippen LogP contribution in [0.4, 0.5) is 0 Å². The zero-order valence-corrected chi connectivity index (χ0v) is 13.7. The summed E-state index contributed by atoms with van der Waals surface area (Å²) in [5.41, 5.74) is 2.15. The van der Waals surface area contributed by atoms with Crippen LogP contribution in [0.25, 0.3) is 0 Å². The third-order valence-electron chi connectivity index (χ3n) is 4.27. The first-order valence-corrected chi connectivity index (χ1v) is 8.17. The molecule has 0 spiro atoms. The summed E-state index contributed by atoms with van der Waals surface area (Å²) < 4.78 is 7.23. The maximum Gasteiger partial charge on any atom is 0.227 e. The predicted molar refractivity (Wildman–Crippen MR) is 88.2 cm³/mol. The lowest BCUT2D eigenvalue weighted by atomic mass is 10.1. The summed E-state index contributed by atoms with van der Waals surface area (Å²) >= 11 is 0. The summed E-state index contributed by atoms with van der Waals surface area (Å²) in [5.74, 6) is 1.03. The molecular formula is C18H23N3O2. The summed E-state index contributed by atoms with van der Waals surface area (Å²) in [6.45, 7) is 3.44. The number of aromatic nitrogens is 2. The van der Waals surface area contributed by atoms with Crippen LogP contribution in [0.15, 0.2) is 36.7 Å². The van der Waals surface area contributed by atoms with E-state index in [0.29, 0.717) is 13.0 Å². The third-order valence-corrected chi connectivity index (χ3v) is 4.27. The first kappa shape index (κ1) is 15.6. The minimum atomic E-state index is 0.166. The number of rotatable bonds is 5. The van der Waals surface area contributed by atoms with Crippen molar-refractivity contribution < 1.29 is 9.53 Å². The molecule has 3 rings (SSSR count). The van der Waals surface area contributed by atoms with Crippen molar-refractivity contribution in [3.63, 3.8) is 0 Å². The van der Waals surface area contributed by atoms with E-state index in [2.05, 4.69) is 5.10 Å². The van der Waals surface area contributed by atoms with Gasteiger partial charge in [0.2, 0.25) is 5.91 Å². The van der Waals surface area contributed by atoms with Crippen molar-refractivity contribution in [1.29, 1.82) is 0 Å². The van der Waals surface area contributed by atoms with E-state index in [0.717, 1.165) is 36.3 Å². The van der Waals surface area contributed by atoms with Gasteiger partial charge in [0.25, 0.3) is 0 Å². The highest BCUT2D eigenvalue weighted by Gasteiger charge is 2.30. The van der Waals surface area contributed by atoms with Gasteiger partial charge in [-0.05, 0) is 37.5 Å². The zero-order chi connectivity index (χ0) is 16.2. The number of hydrogen-bond acceptors (Lipinski definition) is 3. The first-order valence-electron chi connectivity index (χ1n) is 8.17. The van der Waals surface area contributed by atoms with E-state index in [9.17, 15) is 4.79 Å². The molecule has 5 heteroatoms. The van der Waals surface area contributed by atoms with E-state index in [4.69, 9.17) is 4.74 Å². The minimum Gasteiger partial charge on any atom is -0.494 e. The van der Waals surface area contributed by atoms with Gasteiger partial charge in [-0.1, -0.05) is 12.1 Å². The number of benzene rings is 1. The molecule has 0 saturated carbocycles. The van der Waals surface area contributed by atoms with Crippen LogP contribution >= 0.6 is 0 Å². The molecule has 1 fully saturated rings. The summed E-state index contributed by atoms with van der Waals surface area (Å²) in [6, 6.07) is 7.96. The molecule has 1 amide bonds. The van der Waals surface area contributed by atoms with E-state index in [1.807, 2.05) is 55.5 Å². The maximum atomic E-state index is 12.7. The topological polar surface area (TPSA) is 47.4 Å². The summed E-state index contributed by atoms with van der Waals surface area (Å²) in [4.78, 5) is 14.7. The van der Waals surface area contributed by atoms with Gasteiger partial charge in [0, 0.05) is 25.4 Å². The Labute approximate surface area is 136 Å². The minimum absolute atomic E-state index is 0.166. The van der Waals surface area contributed by atoms with Gasteiger partial charge in [-0.25, -0.2) is 0 Å². The lowest BCUT2D eigenvalue weighted by Crippen LogP contribution is -2.31. The first-order chi connectivity index (χ1) is 11.2. The molecule has 2 aromatic rings. The molecule has 0 radical (unpaired) electrons. The van der Waals surface area contributed by atoms with E-state index in [1.165, 1.54) is 0 Å². The molecule has 5 nitrogen and oxygen atoms in total. The smallest absolute Gasteiger partial charge is 0.227 e. The molecule has 1 atom stereocenters. The Morgan fingerprint density at radius 1 is 1.35 bits per heavy atom. The van der Waals surface area contributed by atoms with Crippen LogP contribution in [0.3, 0.4) is 0 Å². The van der Waals surface area contributed by atoms with Gasteiger partial charge in [0.05, 0.1) is 25.3 Å². The molecular weight excluding hydrogens is 290 g/mol. The van der Waals surface area contributed by atoms with Crippen LogP contribution in [-0.2, 0) is 18.3 Å². The zero-order valence-electron chi connectivity index (χ0n) is 13.7. The van der Waals surface area contributed by atoms with E-state index in [-0.39, 0.29) is 11.9 Å². The third kappa shape index (κ3) is 3.55. The lowest BCUT2D eigenvalue weighted by molar-refractivity contribution is -0.131. The standard InChI is InChI=1S/C18H23N3O2/c1-3-23-16-8-6-14(7-9-16)11-18(22)21-10-4-5-17(21)15-12-19-20(2)13-15/h6-9,12-13,17H,3-5,10-11H2,1-2H3. The average Bonchev–Trinajstić information content (AvgIpc) is 3.18. The second kappa shape index (κ2) is 6.86. The number of likely N-dealkylation sites (tertiary alicyclic amines) is 1. The largest absolute Gasteiger partial charge is 0.494 e. The molecule has 23 heavy (non-hydrogen) atoms. The summed E-state index contributed by atoms with van der Waals surface area (Å²) in [5, 5.41) is 4.23. The fourth-order valence-electron chi connectivity index (χ4n) is 3.17. The Kier molecular flexibility index (Phi) is 4.65. The van der Waals surface area contributed by atoms with Gasteiger partial charge in [-0.2, -0.15) is 5.10 Å². The van der Waals surface area contributed by atoms with Gasteiger partial charge >= 0.3 is 0 Å². The Morgan fingerprint density at radius 3 is 2.78 bits per heavy atom. The van der Waals surface area contributed by atoms with Crippen molar-refractivity contribution >= 4 is 5.91 Å². The Hall–Kier alpha value is -2.30. The van der Waals surface area contributed by atoms with Crippen molar-refractivity contribution in [2.75, 3.05) is 13.2 Å². The Balaban J connectivity index is 1.67. The summed E-state index contributed by atoms with van der Waals surface area (Å²) in [6.07, 6.45) is 6.37. The molecule has 0 aliphatic carbocycles. The number of carbonyl (C=O) groups is 1. The quantitative estimate of drug-likeness (QED) is 0.853. The highest BCUT2D eigenvalue weighted by molar-refractivity contribution is 5.79. The molecule has 1 aromatic carbocycles. The molecule has 1 aromatic heterocycles. The van der Waals surface area contributed by atoms with E-state index < -0.39 is 0 Å². The normalized spacial score (nSPS) is 17.5. The fraction of sp³-hybridized carbons (Fsp3) is 0.444. The van der Waals surface area contributed by atoms with Crippen LogP contribution in [-0.4, -0.2) is 33.7 Å². The second-order valence-electron chi connectivity index (χ2n) is 5.95. The van der Waals surface area contributed by atoms with Crippen molar-refractivity contribution in [2.45, 2.75) is 32.2 Å². The molecule has 1 unspecified atom stereocenters. The summed E-state index contributed by atoms with van der Waals surface area (Å²) in [7, 11) is 1.91. The van der Waals surface area contributed by atoms with Gasteiger partial charge < -0.3 is 9.64 Å². The number of amides is 1. The SMILES string of the molecule is CCOc1ccc(CC(=O)N2CCCC2c2cnn(C)c2)cc1. The molecule has 2 heterocycles. The number of aryl methyl sites for hydroxylation is 1. The molecule has 122 valence electrons. The molecule has 1 aliphatic rings. The van der Waals surface area contributed by atoms with E-state index in [1.54, 1.807) is 4.68 Å². The van der Waals surface area contributed by atoms with Crippen LogP contribution in [0, 0.1) is 0 Å². The second-order valence-corrected chi connectivity index (χ2v) is 5.95. The molecule has 0 N–H and O–H groups in total. The highest BCUT2D eigenvalue weighted by atomic mass is 16.5. The van der Waals surface area contributed by atoms with E-state index >= 15 is 0 Å². The van der Waals surface area contributed by atoms with Crippen LogP contribution in [0.1, 0.15) is 36.9 Å². The number of ether oxygens (including phenoxy) is 1.